The number of hydrogen-bond acceptors (Lipinski definition) is 4. The van der Waals surface area contributed by atoms with Gasteiger partial charge < -0.3 is 20.5 Å². The lowest BCUT2D eigenvalue weighted by atomic mass is 10.1. The van der Waals surface area contributed by atoms with Crippen molar-refractivity contribution >= 4 is 12.1 Å². The van der Waals surface area contributed by atoms with Gasteiger partial charge in [-0.3, -0.25) is 0 Å². The molecule has 0 fully saturated rings. The summed E-state index contributed by atoms with van der Waals surface area (Å²) in [7, 11) is 0. The first-order chi connectivity index (χ1) is 9.44. The van der Waals surface area contributed by atoms with E-state index in [0.717, 1.165) is 19.4 Å². The van der Waals surface area contributed by atoms with Crippen LogP contribution in [0.3, 0.4) is 0 Å². The Hall–Kier alpha value is -1.30. The Bertz CT molecular complexity index is 343. The number of esters is 1. The second-order valence-electron chi connectivity index (χ2n) is 7.08. The van der Waals surface area contributed by atoms with Crippen LogP contribution >= 0.6 is 0 Å². The van der Waals surface area contributed by atoms with Crippen molar-refractivity contribution < 1.29 is 24.8 Å². The molecule has 0 aliphatic rings. The van der Waals surface area contributed by atoms with Gasteiger partial charge in [-0.25, -0.2) is 9.59 Å². The summed E-state index contributed by atoms with van der Waals surface area (Å²) in [5.74, 6) is -0.433. The highest BCUT2D eigenvalue weighted by Gasteiger charge is 2.28. The molecule has 0 aromatic heterocycles. The monoisotopic (exact) mass is 303 g/mol. The molecular weight excluding hydrogens is 272 g/mol. The van der Waals surface area contributed by atoms with Crippen molar-refractivity contribution in [2.45, 2.75) is 78.0 Å². The van der Waals surface area contributed by atoms with Gasteiger partial charge in [-0.05, 0) is 60.8 Å². The van der Waals surface area contributed by atoms with Gasteiger partial charge >= 0.3 is 12.1 Å². The lowest BCUT2D eigenvalue weighted by molar-refractivity contribution is -0.368. The molecule has 0 heterocycles. The van der Waals surface area contributed by atoms with E-state index in [1.165, 1.54) is 0 Å². The van der Waals surface area contributed by atoms with Crippen LogP contribution in [-0.4, -0.2) is 35.9 Å². The molecule has 0 saturated carbocycles. The van der Waals surface area contributed by atoms with E-state index in [1.807, 2.05) is 0 Å². The Kier molecular flexibility index (Phi) is 7.71. The predicted octanol–water partition coefficient (Wildman–Crippen LogP) is 1.63. The molecule has 0 rings (SSSR count). The summed E-state index contributed by atoms with van der Waals surface area (Å²) in [6.45, 7) is 11.5. The average molecular weight is 303 g/mol. The van der Waals surface area contributed by atoms with E-state index < -0.39 is 29.3 Å². The number of alkyl carbamates (subject to hydrolysis) is 1. The Morgan fingerprint density at radius 1 is 1.00 bits per heavy atom. The van der Waals surface area contributed by atoms with Crippen LogP contribution in [0.2, 0.25) is 0 Å². The third kappa shape index (κ3) is 11.1. The molecule has 6 heteroatoms. The Balaban J connectivity index is 4.65. The molecule has 1 amide bonds. The van der Waals surface area contributed by atoms with Gasteiger partial charge in [-0.1, -0.05) is 0 Å². The molecule has 0 aliphatic heterocycles. The maximum absolute atomic E-state index is 12.1. The number of nitrogens with one attached hydrogen (secondary N) is 1. The number of ether oxygens (including phenoxy) is 2. The Morgan fingerprint density at radius 2 is 1.52 bits per heavy atom. The van der Waals surface area contributed by atoms with E-state index in [-0.39, 0.29) is 0 Å². The number of unbranched alkanes of at least 4 members (excludes halogenated alkanes) is 1. The van der Waals surface area contributed by atoms with Crippen LogP contribution in [0.4, 0.5) is 4.79 Å². The molecule has 0 unspecified atom stereocenters. The van der Waals surface area contributed by atoms with Gasteiger partial charge in [0, 0.05) is 0 Å². The maximum atomic E-state index is 12.1. The zero-order chi connectivity index (χ0) is 16.7. The smallest absolute Gasteiger partial charge is 0.408 e. The van der Waals surface area contributed by atoms with Crippen molar-refractivity contribution in [3.63, 3.8) is 0 Å². The van der Waals surface area contributed by atoms with Crippen molar-refractivity contribution in [3.05, 3.63) is 0 Å². The number of hydrogen-bond donors (Lipinski definition) is 2. The van der Waals surface area contributed by atoms with Crippen LogP contribution in [0.1, 0.15) is 60.8 Å². The predicted molar refractivity (Wildman–Crippen MR) is 80.6 cm³/mol. The topological polar surface area (TPSA) is 92.3 Å². The zero-order valence-corrected chi connectivity index (χ0v) is 14.2. The minimum absolute atomic E-state index is 0.433. The van der Waals surface area contributed by atoms with Crippen LogP contribution in [0, 0.1) is 0 Å². The molecular formula is C15H31N2O4+. The molecule has 1 atom stereocenters. The van der Waals surface area contributed by atoms with E-state index in [4.69, 9.17) is 9.47 Å². The number of amides is 1. The van der Waals surface area contributed by atoms with E-state index in [9.17, 15) is 9.59 Å². The molecule has 124 valence electrons. The Morgan fingerprint density at radius 3 is 1.95 bits per heavy atom. The Labute approximate surface area is 127 Å². The van der Waals surface area contributed by atoms with Crippen LogP contribution in [-0.2, 0) is 14.3 Å². The van der Waals surface area contributed by atoms with Gasteiger partial charge in [0.15, 0.2) is 0 Å². The van der Waals surface area contributed by atoms with Crippen LogP contribution in [0.25, 0.3) is 0 Å². The SMILES string of the molecule is CC(C)(C)OC(=O)N[C@@H](CCCC[NH3+])C(=O)OC(C)(C)C. The van der Waals surface area contributed by atoms with Crippen molar-refractivity contribution in [1.29, 1.82) is 0 Å². The van der Waals surface area contributed by atoms with E-state index in [0.29, 0.717) is 6.42 Å². The van der Waals surface area contributed by atoms with Gasteiger partial charge in [0.05, 0.1) is 6.54 Å². The molecule has 6 nitrogen and oxygen atoms in total. The van der Waals surface area contributed by atoms with E-state index >= 15 is 0 Å². The summed E-state index contributed by atoms with van der Waals surface area (Å²) < 4.78 is 10.5. The highest BCUT2D eigenvalue weighted by Crippen LogP contribution is 2.13. The first-order valence-corrected chi connectivity index (χ1v) is 7.46. The van der Waals surface area contributed by atoms with Gasteiger partial charge in [0.25, 0.3) is 0 Å². The largest absolute Gasteiger partial charge is 0.458 e. The molecule has 0 aliphatic carbocycles. The van der Waals surface area contributed by atoms with E-state index in [1.54, 1.807) is 41.5 Å². The molecule has 4 N–H and O–H groups in total. The fourth-order valence-electron chi connectivity index (χ4n) is 1.60. The second-order valence-corrected chi connectivity index (χ2v) is 7.08. The van der Waals surface area contributed by atoms with E-state index in [2.05, 4.69) is 11.1 Å². The highest BCUT2D eigenvalue weighted by molar-refractivity contribution is 5.81. The first-order valence-electron chi connectivity index (χ1n) is 7.46. The molecule has 0 bridgehead atoms. The van der Waals surface area contributed by atoms with Crippen molar-refractivity contribution in [2.75, 3.05) is 6.54 Å². The fourth-order valence-corrected chi connectivity index (χ4v) is 1.60. The summed E-state index contributed by atoms with van der Waals surface area (Å²) in [5.41, 5.74) is 2.58. The van der Waals surface area contributed by atoms with Crippen molar-refractivity contribution in [2.24, 2.45) is 0 Å². The van der Waals surface area contributed by atoms with Crippen LogP contribution in [0.15, 0.2) is 0 Å². The minimum Gasteiger partial charge on any atom is -0.458 e. The zero-order valence-electron chi connectivity index (χ0n) is 14.2. The highest BCUT2D eigenvalue weighted by atomic mass is 16.6. The van der Waals surface area contributed by atoms with Gasteiger partial charge in [-0.15, -0.1) is 0 Å². The molecule has 0 radical (unpaired) electrons. The number of quaternary nitrogens is 1. The van der Waals surface area contributed by atoms with Gasteiger partial charge in [0.1, 0.15) is 17.2 Å². The summed E-state index contributed by atoms with van der Waals surface area (Å²) in [5, 5.41) is 2.60. The number of carbonyl (C=O) groups is 2. The number of carbonyl (C=O) groups excluding carboxylic acids is 2. The first kappa shape index (κ1) is 19.7. The molecule has 0 aromatic rings. The fraction of sp³-hybridized carbons (Fsp3) is 0.867. The van der Waals surface area contributed by atoms with Crippen LogP contribution < -0.4 is 11.1 Å². The third-order valence-electron chi connectivity index (χ3n) is 2.38. The van der Waals surface area contributed by atoms with Crippen LogP contribution in [0.5, 0.6) is 0 Å². The summed E-state index contributed by atoms with van der Waals surface area (Å²) in [6, 6.07) is -0.689. The van der Waals surface area contributed by atoms with Crippen molar-refractivity contribution in [1.82, 2.24) is 5.32 Å². The molecule has 0 aromatic carbocycles. The molecule has 21 heavy (non-hydrogen) atoms. The lowest BCUT2D eigenvalue weighted by Crippen LogP contribution is -2.50. The maximum Gasteiger partial charge on any atom is 0.408 e. The third-order valence-corrected chi connectivity index (χ3v) is 2.38. The summed E-state index contributed by atoms with van der Waals surface area (Å²) >= 11 is 0. The summed E-state index contributed by atoms with van der Waals surface area (Å²) in [4.78, 5) is 24.0. The van der Waals surface area contributed by atoms with Gasteiger partial charge in [-0.2, -0.15) is 0 Å². The van der Waals surface area contributed by atoms with Gasteiger partial charge in [0.2, 0.25) is 0 Å². The second kappa shape index (κ2) is 8.22. The lowest BCUT2D eigenvalue weighted by Gasteiger charge is -2.26. The summed E-state index contributed by atoms with van der Waals surface area (Å²) in [6.07, 6.45) is 1.61. The molecule has 0 saturated heterocycles. The molecule has 0 spiro atoms. The number of rotatable bonds is 6. The minimum atomic E-state index is -0.689. The van der Waals surface area contributed by atoms with Crippen molar-refractivity contribution in [3.8, 4) is 0 Å². The normalized spacial score (nSPS) is 13.5. The quantitative estimate of drug-likeness (QED) is 0.576. The standard InChI is InChI=1S/C15H30N2O4/c1-14(2,3)20-12(18)11(9-7-8-10-16)17-13(19)21-15(4,5)6/h11H,7-10,16H2,1-6H3,(H,17,19)/p+1/t11-/m0/s1. The average Bonchev–Trinajstić information content (AvgIpc) is 2.22.